The third-order valence-corrected chi connectivity index (χ3v) is 4.30. The van der Waals surface area contributed by atoms with Crippen LogP contribution in [0.15, 0.2) is 29.6 Å². The highest BCUT2D eigenvalue weighted by molar-refractivity contribution is 7.17. The monoisotopic (exact) mass is 275 g/mol. The third kappa shape index (κ3) is 4.06. The van der Waals surface area contributed by atoms with Crippen molar-refractivity contribution < 1.29 is 4.79 Å². The first kappa shape index (κ1) is 14.1. The Balaban J connectivity index is 1.78. The lowest BCUT2D eigenvalue weighted by Crippen LogP contribution is -2.25. The van der Waals surface area contributed by atoms with Crippen LogP contribution in [0.1, 0.15) is 38.2 Å². The maximum atomic E-state index is 11.6. The molecule has 3 heteroatoms. The summed E-state index contributed by atoms with van der Waals surface area (Å²) in [6, 6.07) is 8.44. The average Bonchev–Trinajstić information content (AvgIpc) is 2.83. The van der Waals surface area contributed by atoms with Gasteiger partial charge in [-0.2, -0.15) is 0 Å². The van der Waals surface area contributed by atoms with Gasteiger partial charge >= 0.3 is 0 Å². The molecule has 0 atom stereocenters. The first-order chi connectivity index (χ1) is 9.31. The number of rotatable bonds is 7. The Morgan fingerprint density at radius 1 is 1.26 bits per heavy atom. The summed E-state index contributed by atoms with van der Waals surface area (Å²) < 4.78 is 1.33. The van der Waals surface area contributed by atoms with E-state index in [1.165, 1.54) is 15.6 Å². The molecule has 1 aromatic carbocycles. The Bertz CT molecular complexity index is 532. The minimum Gasteiger partial charge on any atom is -0.356 e. The van der Waals surface area contributed by atoms with Crippen LogP contribution in [0.4, 0.5) is 0 Å². The van der Waals surface area contributed by atoms with Crippen LogP contribution in [0.3, 0.4) is 0 Å². The van der Waals surface area contributed by atoms with Crippen molar-refractivity contribution >= 4 is 27.3 Å². The van der Waals surface area contributed by atoms with E-state index in [4.69, 9.17) is 0 Å². The van der Waals surface area contributed by atoms with Crippen LogP contribution in [-0.4, -0.2) is 12.5 Å². The van der Waals surface area contributed by atoms with Crippen molar-refractivity contribution in [3.05, 3.63) is 35.2 Å². The Labute approximate surface area is 118 Å². The molecule has 1 heterocycles. The number of carbonyl (C=O) groups is 1. The number of thiophene rings is 1. The fraction of sp³-hybridized carbons (Fsp3) is 0.438. The molecule has 1 N–H and O–H groups in total. The molecule has 0 saturated carbocycles. The molecule has 102 valence electrons. The van der Waals surface area contributed by atoms with E-state index >= 15 is 0 Å². The van der Waals surface area contributed by atoms with Crippen molar-refractivity contribution in [2.24, 2.45) is 0 Å². The second kappa shape index (κ2) is 7.29. The van der Waals surface area contributed by atoms with Gasteiger partial charge in [0.2, 0.25) is 5.91 Å². The number of carbonyl (C=O) groups excluding carboxylic acids is 1. The number of unbranched alkanes of at least 4 members (excludes halogenated alkanes) is 2. The van der Waals surface area contributed by atoms with Gasteiger partial charge in [0.25, 0.3) is 0 Å². The van der Waals surface area contributed by atoms with Crippen molar-refractivity contribution in [2.75, 3.05) is 6.54 Å². The molecule has 0 fully saturated rings. The van der Waals surface area contributed by atoms with E-state index in [9.17, 15) is 4.79 Å². The van der Waals surface area contributed by atoms with Crippen LogP contribution in [-0.2, 0) is 11.2 Å². The highest BCUT2D eigenvalue weighted by atomic mass is 32.1. The molecule has 0 aliphatic heterocycles. The van der Waals surface area contributed by atoms with Crippen LogP contribution < -0.4 is 5.32 Å². The van der Waals surface area contributed by atoms with Crippen LogP contribution >= 0.6 is 11.3 Å². The van der Waals surface area contributed by atoms with Crippen molar-refractivity contribution in [3.8, 4) is 0 Å². The van der Waals surface area contributed by atoms with E-state index in [0.717, 1.165) is 32.2 Å². The molecule has 0 saturated heterocycles. The van der Waals surface area contributed by atoms with E-state index < -0.39 is 0 Å². The van der Waals surface area contributed by atoms with Gasteiger partial charge in [0.05, 0.1) is 0 Å². The van der Waals surface area contributed by atoms with Gasteiger partial charge < -0.3 is 5.32 Å². The molecular formula is C16H21NOS. The maximum absolute atomic E-state index is 11.6. The molecule has 0 aliphatic carbocycles. The SMILES string of the molecule is CCCCCC(=O)NCCc1csc2ccccc12. The van der Waals surface area contributed by atoms with Gasteiger partial charge in [-0.1, -0.05) is 38.0 Å². The Kier molecular flexibility index (Phi) is 5.40. The molecule has 0 unspecified atom stereocenters. The molecule has 0 radical (unpaired) electrons. The van der Waals surface area contributed by atoms with E-state index in [-0.39, 0.29) is 5.91 Å². The van der Waals surface area contributed by atoms with Crippen LogP contribution in [0, 0.1) is 0 Å². The maximum Gasteiger partial charge on any atom is 0.220 e. The molecule has 0 spiro atoms. The summed E-state index contributed by atoms with van der Waals surface area (Å²) in [4.78, 5) is 11.6. The van der Waals surface area contributed by atoms with Crippen molar-refractivity contribution in [3.63, 3.8) is 0 Å². The van der Waals surface area contributed by atoms with Gasteiger partial charge in [-0.05, 0) is 35.2 Å². The fourth-order valence-corrected chi connectivity index (χ4v) is 3.18. The Morgan fingerprint density at radius 3 is 2.95 bits per heavy atom. The van der Waals surface area contributed by atoms with Gasteiger partial charge in [0, 0.05) is 17.7 Å². The zero-order valence-corrected chi connectivity index (χ0v) is 12.3. The lowest BCUT2D eigenvalue weighted by Gasteiger charge is -2.04. The number of amides is 1. The zero-order valence-electron chi connectivity index (χ0n) is 11.4. The van der Waals surface area contributed by atoms with Gasteiger partial charge in [-0.15, -0.1) is 11.3 Å². The molecule has 1 aromatic heterocycles. The largest absolute Gasteiger partial charge is 0.356 e. The number of hydrogen-bond donors (Lipinski definition) is 1. The zero-order chi connectivity index (χ0) is 13.5. The number of fused-ring (bicyclic) bond motifs is 1. The molecule has 0 bridgehead atoms. The van der Waals surface area contributed by atoms with Crippen molar-refractivity contribution in [2.45, 2.75) is 39.0 Å². The number of hydrogen-bond acceptors (Lipinski definition) is 2. The van der Waals surface area contributed by atoms with Gasteiger partial charge in [0.15, 0.2) is 0 Å². The minimum atomic E-state index is 0.188. The standard InChI is InChI=1S/C16H21NOS/c1-2-3-4-9-16(18)17-11-10-13-12-19-15-8-6-5-7-14(13)15/h5-8,12H,2-4,9-11H2,1H3,(H,17,18). The second-order valence-electron chi connectivity index (χ2n) is 4.81. The topological polar surface area (TPSA) is 29.1 Å². The van der Waals surface area contributed by atoms with Crippen LogP contribution in [0.2, 0.25) is 0 Å². The highest BCUT2D eigenvalue weighted by Gasteiger charge is 2.04. The average molecular weight is 275 g/mol. The summed E-state index contributed by atoms with van der Waals surface area (Å²) in [6.45, 7) is 2.89. The van der Waals surface area contributed by atoms with Crippen molar-refractivity contribution in [1.29, 1.82) is 0 Å². The normalized spacial score (nSPS) is 10.8. The molecular weight excluding hydrogens is 254 g/mol. The summed E-state index contributed by atoms with van der Waals surface area (Å²) in [5.74, 6) is 0.188. The minimum absolute atomic E-state index is 0.188. The first-order valence-electron chi connectivity index (χ1n) is 7.03. The highest BCUT2D eigenvalue weighted by Crippen LogP contribution is 2.25. The predicted molar refractivity (Wildman–Crippen MR) is 82.7 cm³/mol. The lowest BCUT2D eigenvalue weighted by atomic mass is 10.1. The van der Waals surface area contributed by atoms with E-state index in [1.807, 2.05) is 0 Å². The molecule has 1 amide bonds. The molecule has 2 aromatic rings. The van der Waals surface area contributed by atoms with E-state index in [2.05, 4.69) is 41.9 Å². The second-order valence-corrected chi connectivity index (χ2v) is 5.73. The lowest BCUT2D eigenvalue weighted by molar-refractivity contribution is -0.121. The third-order valence-electron chi connectivity index (χ3n) is 3.29. The summed E-state index contributed by atoms with van der Waals surface area (Å²) in [7, 11) is 0. The van der Waals surface area contributed by atoms with Gasteiger partial charge in [0.1, 0.15) is 0 Å². The molecule has 2 rings (SSSR count). The number of benzene rings is 1. The van der Waals surface area contributed by atoms with Gasteiger partial charge in [-0.3, -0.25) is 4.79 Å². The van der Waals surface area contributed by atoms with Gasteiger partial charge in [-0.25, -0.2) is 0 Å². The Hall–Kier alpha value is -1.35. The van der Waals surface area contributed by atoms with E-state index in [1.54, 1.807) is 11.3 Å². The molecule has 0 aliphatic rings. The summed E-state index contributed by atoms with van der Waals surface area (Å²) in [6.07, 6.45) is 4.89. The summed E-state index contributed by atoms with van der Waals surface area (Å²) >= 11 is 1.78. The smallest absolute Gasteiger partial charge is 0.220 e. The van der Waals surface area contributed by atoms with Crippen molar-refractivity contribution in [1.82, 2.24) is 5.32 Å². The first-order valence-corrected chi connectivity index (χ1v) is 7.91. The molecule has 2 nitrogen and oxygen atoms in total. The van der Waals surface area contributed by atoms with E-state index in [0.29, 0.717) is 6.42 Å². The summed E-state index contributed by atoms with van der Waals surface area (Å²) in [5, 5.41) is 6.54. The predicted octanol–water partition coefficient (Wildman–Crippen LogP) is 4.14. The summed E-state index contributed by atoms with van der Waals surface area (Å²) in [5.41, 5.74) is 1.34. The van der Waals surface area contributed by atoms with Crippen LogP contribution in [0.25, 0.3) is 10.1 Å². The fourth-order valence-electron chi connectivity index (χ4n) is 2.19. The molecule has 19 heavy (non-hydrogen) atoms. The Morgan fingerprint density at radius 2 is 2.11 bits per heavy atom. The van der Waals surface area contributed by atoms with Crippen LogP contribution in [0.5, 0.6) is 0 Å². The quantitative estimate of drug-likeness (QED) is 0.756. The number of nitrogens with one attached hydrogen (secondary N) is 1.